The molecule has 3 aromatic rings. The Labute approximate surface area is 195 Å². The number of unbranched alkanes of at least 4 members (excludes halogenated alkanes) is 2. The third-order valence-electron chi connectivity index (χ3n) is 5.19. The van der Waals surface area contributed by atoms with Gasteiger partial charge in [0.1, 0.15) is 11.4 Å². The molecule has 0 N–H and O–H groups in total. The minimum absolute atomic E-state index is 0.143. The maximum absolute atomic E-state index is 11.8. The van der Waals surface area contributed by atoms with Crippen LogP contribution in [-0.4, -0.2) is 35.8 Å². The molecule has 0 unspecified atom stereocenters. The second-order valence-electron chi connectivity index (χ2n) is 9.10. The Kier molecular flexibility index (Phi) is 8.15. The first-order chi connectivity index (χ1) is 15.7. The maximum Gasteiger partial charge on any atom is 0.337 e. The molecular formula is C27H33NO5. The van der Waals surface area contributed by atoms with Gasteiger partial charge < -0.3 is 18.8 Å². The van der Waals surface area contributed by atoms with Crippen molar-refractivity contribution in [3.05, 3.63) is 65.9 Å². The van der Waals surface area contributed by atoms with Gasteiger partial charge in [-0.1, -0.05) is 18.2 Å². The van der Waals surface area contributed by atoms with Crippen LogP contribution < -0.4 is 4.74 Å². The molecule has 6 heteroatoms. The van der Waals surface area contributed by atoms with E-state index in [-0.39, 0.29) is 11.9 Å². The fraction of sp³-hybridized carbons (Fsp3) is 0.407. The third kappa shape index (κ3) is 7.38. The van der Waals surface area contributed by atoms with Crippen molar-refractivity contribution in [2.24, 2.45) is 0 Å². The highest BCUT2D eigenvalue weighted by Crippen LogP contribution is 2.21. The zero-order valence-corrected chi connectivity index (χ0v) is 19.9. The molecular weight excluding hydrogens is 418 g/mol. The van der Waals surface area contributed by atoms with Crippen LogP contribution in [0.5, 0.6) is 5.75 Å². The van der Waals surface area contributed by atoms with Gasteiger partial charge >= 0.3 is 11.9 Å². The molecule has 176 valence electrons. The van der Waals surface area contributed by atoms with E-state index in [1.165, 1.54) is 7.11 Å². The highest BCUT2D eigenvalue weighted by molar-refractivity contribution is 5.94. The van der Waals surface area contributed by atoms with Crippen LogP contribution in [-0.2, 0) is 20.8 Å². The standard InChI is InChI=1S/C27H33NO5/c1-27(2,3)33-25(29)8-6-5-7-17-32-23-13-9-20(10-14-23)19-28-16-15-21-11-12-22(18-24(21)28)26(30)31-4/h9-16,18H,5-8,17,19H2,1-4H3. The van der Waals surface area contributed by atoms with Gasteiger partial charge in [-0.25, -0.2) is 4.79 Å². The Morgan fingerprint density at radius 2 is 1.70 bits per heavy atom. The maximum atomic E-state index is 11.8. The van der Waals surface area contributed by atoms with Crippen molar-refractivity contribution >= 4 is 22.8 Å². The second-order valence-corrected chi connectivity index (χ2v) is 9.10. The lowest BCUT2D eigenvalue weighted by molar-refractivity contribution is -0.154. The van der Waals surface area contributed by atoms with Crippen molar-refractivity contribution in [3.8, 4) is 5.75 Å². The highest BCUT2D eigenvalue weighted by Gasteiger charge is 2.15. The minimum atomic E-state index is -0.424. The molecule has 1 heterocycles. The van der Waals surface area contributed by atoms with Gasteiger partial charge in [0.05, 0.1) is 19.3 Å². The fourth-order valence-corrected chi connectivity index (χ4v) is 3.59. The summed E-state index contributed by atoms with van der Waals surface area (Å²) < 4.78 is 18.1. The highest BCUT2D eigenvalue weighted by atomic mass is 16.6. The summed E-state index contributed by atoms with van der Waals surface area (Å²) in [6, 6.07) is 15.7. The first kappa shape index (κ1) is 24.4. The van der Waals surface area contributed by atoms with Crippen LogP contribution in [0.3, 0.4) is 0 Å². The van der Waals surface area contributed by atoms with E-state index in [2.05, 4.69) is 4.57 Å². The number of rotatable bonds is 10. The lowest BCUT2D eigenvalue weighted by Crippen LogP contribution is -2.23. The van der Waals surface area contributed by atoms with Gasteiger partial charge in [0, 0.05) is 24.7 Å². The molecule has 0 aliphatic rings. The second kappa shape index (κ2) is 11.0. The Bertz CT molecular complexity index is 1080. The van der Waals surface area contributed by atoms with Gasteiger partial charge in [0.15, 0.2) is 0 Å². The van der Waals surface area contributed by atoms with E-state index in [0.29, 0.717) is 25.1 Å². The number of nitrogens with zero attached hydrogens (tertiary/aromatic N) is 1. The summed E-state index contributed by atoms with van der Waals surface area (Å²) in [5.41, 5.74) is 2.25. The minimum Gasteiger partial charge on any atom is -0.494 e. The zero-order valence-electron chi connectivity index (χ0n) is 19.9. The molecule has 33 heavy (non-hydrogen) atoms. The summed E-state index contributed by atoms with van der Waals surface area (Å²) in [5.74, 6) is 0.350. The Balaban J connectivity index is 1.45. The van der Waals surface area contributed by atoms with Gasteiger partial charge in [-0.15, -0.1) is 0 Å². The van der Waals surface area contributed by atoms with E-state index < -0.39 is 5.60 Å². The van der Waals surface area contributed by atoms with Gasteiger partial charge in [-0.2, -0.15) is 0 Å². The van der Waals surface area contributed by atoms with Crippen LogP contribution in [0.1, 0.15) is 62.4 Å². The van der Waals surface area contributed by atoms with E-state index >= 15 is 0 Å². The van der Waals surface area contributed by atoms with Gasteiger partial charge in [-0.05, 0) is 81.3 Å². The first-order valence-corrected chi connectivity index (χ1v) is 11.4. The van der Waals surface area contributed by atoms with Crippen LogP contribution in [0.4, 0.5) is 0 Å². The lowest BCUT2D eigenvalue weighted by atomic mass is 10.1. The summed E-state index contributed by atoms with van der Waals surface area (Å²) in [6.07, 6.45) is 5.09. The van der Waals surface area contributed by atoms with Crippen LogP contribution in [0.15, 0.2) is 54.7 Å². The first-order valence-electron chi connectivity index (χ1n) is 11.4. The molecule has 0 bridgehead atoms. The Hall–Kier alpha value is -3.28. The summed E-state index contributed by atoms with van der Waals surface area (Å²) in [5, 5.41) is 1.08. The normalized spacial score (nSPS) is 11.4. The molecule has 0 saturated heterocycles. The summed E-state index contributed by atoms with van der Waals surface area (Å²) in [4.78, 5) is 23.6. The number of hydrogen-bond acceptors (Lipinski definition) is 5. The average molecular weight is 452 g/mol. The van der Waals surface area contributed by atoms with Crippen molar-refractivity contribution in [1.29, 1.82) is 0 Å². The number of ether oxygens (including phenoxy) is 3. The average Bonchev–Trinajstić information content (AvgIpc) is 3.17. The third-order valence-corrected chi connectivity index (χ3v) is 5.19. The monoisotopic (exact) mass is 451 g/mol. The Morgan fingerprint density at radius 1 is 0.939 bits per heavy atom. The molecule has 0 radical (unpaired) electrons. The number of hydrogen-bond donors (Lipinski definition) is 0. The number of carbonyl (C=O) groups is 2. The summed E-state index contributed by atoms with van der Waals surface area (Å²) in [7, 11) is 1.39. The molecule has 0 spiro atoms. The van der Waals surface area contributed by atoms with Crippen LogP contribution >= 0.6 is 0 Å². The molecule has 1 aromatic heterocycles. The largest absolute Gasteiger partial charge is 0.494 e. The summed E-state index contributed by atoms with van der Waals surface area (Å²) in [6.45, 7) is 6.95. The molecule has 2 aromatic carbocycles. The van der Waals surface area contributed by atoms with E-state index in [1.807, 2.05) is 69.4 Å². The molecule has 0 aliphatic heterocycles. The molecule has 3 rings (SSSR count). The van der Waals surface area contributed by atoms with Crippen molar-refractivity contribution < 1.29 is 23.8 Å². The van der Waals surface area contributed by atoms with Crippen molar-refractivity contribution in [3.63, 3.8) is 0 Å². The zero-order chi connectivity index (χ0) is 23.8. The number of fused-ring (bicyclic) bond motifs is 1. The smallest absolute Gasteiger partial charge is 0.337 e. The number of carbonyl (C=O) groups excluding carboxylic acids is 2. The molecule has 0 saturated carbocycles. The molecule has 0 fully saturated rings. The number of benzene rings is 2. The topological polar surface area (TPSA) is 66.8 Å². The van der Waals surface area contributed by atoms with Crippen molar-refractivity contribution in [2.45, 2.75) is 58.6 Å². The number of esters is 2. The fourth-order valence-electron chi connectivity index (χ4n) is 3.59. The van der Waals surface area contributed by atoms with Gasteiger partial charge in [0.2, 0.25) is 0 Å². The van der Waals surface area contributed by atoms with E-state index in [0.717, 1.165) is 41.5 Å². The predicted molar refractivity (Wildman–Crippen MR) is 129 cm³/mol. The van der Waals surface area contributed by atoms with E-state index in [1.54, 1.807) is 6.07 Å². The molecule has 6 nitrogen and oxygen atoms in total. The van der Waals surface area contributed by atoms with Crippen molar-refractivity contribution in [2.75, 3.05) is 13.7 Å². The quantitative estimate of drug-likeness (QED) is 0.290. The van der Waals surface area contributed by atoms with E-state index in [4.69, 9.17) is 14.2 Å². The Morgan fingerprint density at radius 3 is 2.39 bits per heavy atom. The van der Waals surface area contributed by atoms with Gasteiger partial charge in [-0.3, -0.25) is 4.79 Å². The number of aromatic nitrogens is 1. The summed E-state index contributed by atoms with van der Waals surface area (Å²) >= 11 is 0. The van der Waals surface area contributed by atoms with Crippen LogP contribution in [0.25, 0.3) is 10.9 Å². The SMILES string of the molecule is COC(=O)c1ccc2ccn(Cc3ccc(OCCCCCC(=O)OC(C)(C)C)cc3)c2c1. The number of methoxy groups -OCH3 is 1. The lowest BCUT2D eigenvalue weighted by Gasteiger charge is -2.19. The van der Waals surface area contributed by atoms with Crippen LogP contribution in [0, 0.1) is 0 Å². The predicted octanol–water partition coefficient (Wildman–Crippen LogP) is 5.76. The molecule has 0 amide bonds. The van der Waals surface area contributed by atoms with E-state index in [9.17, 15) is 9.59 Å². The molecule has 0 atom stereocenters. The molecule has 0 aliphatic carbocycles. The van der Waals surface area contributed by atoms with Crippen LogP contribution in [0.2, 0.25) is 0 Å². The van der Waals surface area contributed by atoms with Crippen molar-refractivity contribution in [1.82, 2.24) is 4.57 Å². The van der Waals surface area contributed by atoms with Gasteiger partial charge in [0.25, 0.3) is 0 Å².